The summed E-state index contributed by atoms with van der Waals surface area (Å²) in [6.07, 6.45) is 0. The number of urea groups is 1. The molecule has 1 fully saturated rings. The van der Waals surface area contributed by atoms with E-state index in [1.165, 1.54) is 11.8 Å². The molecule has 5 heteroatoms. The fourth-order valence-corrected chi connectivity index (χ4v) is 2.03. The van der Waals surface area contributed by atoms with E-state index in [-0.39, 0.29) is 5.91 Å². The van der Waals surface area contributed by atoms with Gasteiger partial charge >= 0.3 is 6.03 Å². The topological polar surface area (TPSA) is 58.2 Å². The third-order valence-electron chi connectivity index (χ3n) is 1.73. The van der Waals surface area contributed by atoms with E-state index in [1.54, 1.807) is 0 Å². The van der Waals surface area contributed by atoms with E-state index < -0.39 is 11.4 Å². The summed E-state index contributed by atoms with van der Waals surface area (Å²) in [5.74, 6) is -0.288. The monoisotopic (exact) mass is 208 g/mol. The molecule has 0 radical (unpaired) electrons. The minimum Gasteiger partial charge on any atom is -0.317 e. The van der Waals surface area contributed by atoms with Crippen LogP contribution in [0.25, 0.3) is 0 Å². The molecule has 1 atom stereocenters. The second kappa shape index (κ2) is 3.71. The molecule has 1 heterocycles. The molecule has 4 nitrogen and oxygen atoms in total. The normalized spacial score (nSPS) is 20.4. The molecule has 0 aromatic heterocycles. The fourth-order valence-electron chi connectivity index (χ4n) is 1.12. The predicted octanol–water partition coefficient (Wildman–Crippen LogP) is 0.944. The Morgan fingerprint density at radius 1 is 1.14 bits per heavy atom. The Morgan fingerprint density at radius 2 is 1.86 bits per heavy atom. The maximum Gasteiger partial charge on any atom is 0.322 e. The van der Waals surface area contributed by atoms with Gasteiger partial charge in [-0.15, -0.1) is 0 Å². The van der Waals surface area contributed by atoms with Crippen LogP contribution in [0.5, 0.6) is 0 Å². The van der Waals surface area contributed by atoms with E-state index in [0.29, 0.717) is 0 Å². The van der Waals surface area contributed by atoms with Gasteiger partial charge in [-0.3, -0.25) is 10.1 Å². The minimum absolute atomic E-state index is 0.288. The maximum atomic E-state index is 11.2. The van der Waals surface area contributed by atoms with Crippen LogP contribution in [0.4, 0.5) is 4.79 Å². The first-order valence-corrected chi connectivity index (χ1v) is 4.97. The number of rotatable bonds is 2. The molecule has 2 rings (SSSR count). The van der Waals surface area contributed by atoms with Gasteiger partial charge in [0.25, 0.3) is 5.91 Å². The lowest BCUT2D eigenvalue weighted by Crippen LogP contribution is -2.24. The van der Waals surface area contributed by atoms with Gasteiger partial charge in [0, 0.05) is 4.90 Å². The third-order valence-corrected chi connectivity index (χ3v) is 2.85. The average molecular weight is 208 g/mol. The Labute approximate surface area is 85.1 Å². The number of carbonyl (C=O) groups is 2. The minimum atomic E-state index is -0.509. The second-order valence-corrected chi connectivity index (χ2v) is 3.95. The maximum absolute atomic E-state index is 11.2. The first-order chi connectivity index (χ1) is 6.75. The smallest absolute Gasteiger partial charge is 0.317 e. The van der Waals surface area contributed by atoms with Gasteiger partial charge in [-0.25, -0.2) is 4.79 Å². The summed E-state index contributed by atoms with van der Waals surface area (Å²) in [4.78, 5) is 22.9. The zero-order chi connectivity index (χ0) is 9.97. The van der Waals surface area contributed by atoms with Gasteiger partial charge in [-0.2, -0.15) is 0 Å². The van der Waals surface area contributed by atoms with Gasteiger partial charge in [0.2, 0.25) is 0 Å². The SMILES string of the molecule is O=C1NC(=O)C(Sc2ccccc2)N1. The average Bonchev–Trinajstić information content (AvgIpc) is 2.47. The van der Waals surface area contributed by atoms with Crippen molar-refractivity contribution in [2.45, 2.75) is 10.3 Å². The quantitative estimate of drug-likeness (QED) is 0.711. The Bertz CT molecular complexity index is 366. The first-order valence-electron chi connectivity index (χ1n) is 4.09. The molecule has 1 aromatic rings. The molecule has 1 aliphatic heterocycles. The molecule has 72 valence electrons. The number of hydrogen-bond donors (Lipinski definition) is 2. The molecular formula is C9H8N2O2S. The summed E-state index contributed by atoms with van der Waals surface area (Å²) in [6.45, 7) is 0. The highest BCUT2D eigenvalue weighted by Crippen LogP contribution is 2.22. The number of benzene rings is 1. The van der Waals surface area contributed by atoms with E-state index in [1.807, 2.05) is 30.3 Å². The highest BCUT2D eigenvalue weighted by Gasteiger charge is 2.29. The zero-order valence-corrected chi connectivity index (χ0v) is 8.01. The summed E-state index contributed by atoms with van der Waals surface area (Å²) in [5, 5.41) is 4.18. The fraction of sp³-hybridized carbons (Fsp3) is 0.111. The van der Waals surface area contributed by atoms with Crippen LogP contribution < -0.4 is 10.6 Å². The Kier molecular flexibility index (Phi) is 2.41. The van der Waals surface area contributed by atoms with E-state index in [0.717, 1.165) is 4.90 Å². The largest absolute Gasteiger partial charge is 0.322 e. The van der Waals surface area contributed by atoms with Gasteiger partial charge in [0.15, 0.2) is 5.37 Å². The molecule has 0 bridgehead atoms. The summed E-state index contributed by atoms with van der Waals surface area (Å²) >= 11 is 1.32. The number of hydrogen-bond acceptors (Lipinski definition) is 3. The van der Waals surface area contributed by atoms with E-state index >= 15 is 0 Å². The first kappa shape index (κ1) is 9.08. The van der Waals surface area contributed by atoms with Crippen molar-refractivity contribution in [1.29, 1.82) is 0 Å². The number of carbonyl (C=O) groups excluding carboxylic acids is 2. The zero-order valence-electron chi connectivity index (χ0n) is 7.19. The van der Waals surface area contributed by atoms with Crippen molar-refractivity contribution < 1.29 is 9.59 Å². The third kappa shape index (κ3) is 1.88. The number of thioether (sulfide) groups is 1. The standard InChI is InChI=1S/C9H8N2O2S/c12-7-8(11-9(13)10-7)14-6-4-2-1-3-5-6/h1-5,8H,(H2,10,11,12,13). The highest BCUT2D eigenvalue weighted by atomic mass is 32.2. The predicted molar refractivity (Wildman–Crippen MR) is 52.8 cm³/mol. The Balaban J connectivity index is 2.05. The van der Waals surface area contributed by atoms with E-state index in [9.17, 15) is 9.59 Å². The van der Waals surface area contributed by atoms with Gasteiger partial charge in [-0.1, -0.05) is 30.0 Å². The summed E-state index contributed by atoms with van der Waals surface area (Å²) in [6, 6.07) is 9.03. The molecule has 1 saturated heterocycles. The number of imide groups is 1. The molecule has 0 saturated carbocycles. The van der Waals surface area contributed by atoms with Crippen LogP contribution in [-0.2, 0) is 4.79 Å². The van der Waals surface area contributed by atoms with Crippen molar-refractivity contribution in [2.75, 3.05) is 0 Å². The molecule has 1 unspecified atom stereocenters. The van der Waals surface area contributed by atoms with Crippen LogP contribution in [-0.4, -0.2) is 17.3 Å². The van der Waals surface area contributed by atoms with Crippen molar-refractivity contribution in [3.05, 3.63) is 30.3 Å². The van der Waals surface area contributed by atoms with Crippen molar-refractivity contribution >= 4 is 23.7 Å². The van der Waals surface area contributed by atoms with Crippen LogP contribution in [0.15, 0.2) is 35.2 Å². The van der Waals surface area contributed by atoms with E-state index in [2.05, 4.69) is 10.6 Å². The lowest BCUT2D eigenvalue weighted by molar-refractivity contribution is -0.118. The molecule has 14 heavy (non-hydrogen) atoms. The van der Waals surface area contributed by atoms with Crippen LogP contribution >= 0.6 is 11.8 Å². The Hall–Kier alpha value is -1.49. The van der Waals surface area contributed by atoms with Crippen LogP contribution in [0.2, 0.25) is 0 Å². The highest BCUT2D eigenvalue weighted by molar-refractivity contribution is 8.00. The second-order valence-electron chi connectivity index (χ2n) is 2.77. The van der Waals surface area contributed by atoms with Crippen molar-refractivity contribution in [2.24, 2.45) is 0 Å². The van der Waals surface area contributed by atoms with Crippen LogP contribution in [0.1, 0.15) is 0 Å². The molecule has 2 N–H and O–H groups in total. The van der Waals surface area contributed by atoms with E-state index in [4.69, 9.17) is 0 Å². The molecule has 3 amide bonds. The van der Waals surface area contributed by atoms with Gasteiger partial charge < -0.3 is 5.32 Å². The van der Waals surface area contributed by atoms with Crippen LogP contribution in [0.3, 0.4) is 0 Å². The van der Waals surface area contributed by atoms with Gasteiger partial charge in [0.1, 0.15) is 0 Å². The van der Waals surface area contributed by atoms with Crippen molar-refractivity contribution in [3.63, 3.8) is 0 Å². The molecule has 0 aliphatic carbocycles. The Morgan fingerprint density at radius 3 is 2.43 bits per heavy atom. The van der Waals surface area contributed by atoms with Gasteiger partial charge in [-0.05, 0) is 12.1 Å². The lowest BCUT2D eigenvalue weighted by Gasteiger charge is -2.05. The van der Waals surface area contributed by atoms with Gasteiger partial charge in [0.05, 0.1) is 0 Å². The molecular weight excluding hydrogens is 200 g/mol. The summed E-state index contributed by atoms with van der Waals surface area (Å²) in [5.41, 5.74) is 0. The lowest BCUT2D eigenvalue weighted by atomic mass is 10.4. The number of nitrogens with one attached hydrogen (secondary N) is 2. The molecule has 1 aromatic carbocycles. The van der Waals surface area contributed by atoms with Crippen molar-refractivity contribution in [3.8, 4) is 0 Å². The van der Waals surface area contributed by atoms with Crippen molar-refractivity contribution in [1.82, 2.24) is 10.6 Å². The summed E-state index contributed by atoms with van der Waals surface area (Å²) < 4.78 is 0. The van der Waals surface area contributed by atoms with Crippen LogP contribution in [0, 0.1) is 0 Å². The molecule has 1 aliphatic rings. The molecule has 0 spiro atoms. The summed E-state index contributed by atoms with van der Waals surface area (Å²) in [7, 11) is 0. The number of amides is 3.